The highest BCUT2D eigenvalue weighted by Gasteiger charge is 2.61. The Balaban J connectivity index is 1.97. The van der Waals surface area contributed by atoms with Gasteiger partial charge in [0.2, 0.25) is 0 Å². The predicted octanol–water partition coefficient (Wildman–Crippen LogP) is 6.74. The number of aromatic nitrogens is 3. The number of ether oxygens (including phenoxy) is 2. The quantitative estimate of drug-likeness (QED) is 0.287. The van der Waals surface area contributed by atoms with Crippen LogP contribution in [-0.2, 0) is 14.9 Å². The molecule has 1 aliphatic rings. The number of amides is 1. The Labute approximate surface area is 247 Å². The molecule has 3 atom stereocenters. The van der Waals surface area contributed by atoms with Gasteiger partial charge in [0.15, 0.2) is 0 Å². The van der Waals surface area contributed by atoms with E-state index in [1.165, 1.54) is 11.3 Å². The number of hydrogen-bond donors (Lipinski definition) is 0. The van der Waals surface area contributed by atoms with Crippen LogP contribution < -0.4 is 4.74 Å². The molecule has 41 heavy (non-hydrogen) atoms. The zero-order chi connectivity index (χ0) is 30.2. The smallest absolute Gasteiger partial charge is 0.332 e. The molecule has 1 aliphatic heterocycles. The molecule has 220 valence electrons. The second kappa shape index (κ2) is 11.5. The highest BCUT2D eigenvalue weighted by molar-refractivity contribution is 7.09. The Morgan fingerprint density at radius 3 is 2.37 bits per heavy atom. The van der Waals surface area contributed by atoms with Crippen LogP contribution in [0.4, 0.5) is 0 Å². The number of benzene rings is 1. The van der Waals surface area contributed by atoms with Gasteiger partial charge in [-0.2, -0.15) is 0 Å². The van der Waals surface area contributed by atoms with Crippen molar-refractivity contribution in [3.8, 4) is 5.75 Å². The minimum absolute atomic E-state index is 0.0909. The molecule has 1 aromatic carbocycles. The lowest BCUT2D eigenvalue weighted by atomic mass is 9.82. The first-order chi connectivity index (χ1) is 19.2. The number of likely N-dealkylation sites (tertiary alicyclic amines) is 1. The number of thiazole rings is 1. The van der Waals surface area contributed by atoms with Crippen LogP contribution in [0.1, 0.15) is 107 Å². The number of carbonyl (C=O) groups is 2. The van der Waals surface area contributed by atoms with Gasteiger partial charge in [-0.25, -0.2) is 9.78 Å². The summed E-state index contributed by atoms with van der Waals surface area (Å²) in [4.78, 5) is 44.6. The van der Waals surface area contributed by atoms with E-state index in [4.69, 9.17) is 9.47 Å². The van der Waals surface area contributed by atoms with Crippen LogP contribution in [0, 0.1) is 5.92 Å². The van der Waals surface area contributed by atoms with Gasteiger partial charge < -0.3 is 14.4 Å². The predicted molar refractivity (Wildman–Crippen MR) is 160 cm³/mol. The molecule has 9 heteroatoms. The van der Waals surface area contributed by atoms with E-state index < -0.39 is 23.2 Å². The lowest BCUT2D eigenvalue weighted by Gasteiger charge is -2.41. The third-order valence-electron chi connectivity index (χ3n) is 7.35. The SMILES string of the molecule is COc1cc(C(=O)N2[C@@H](c3nccs3)[C@H](c3cnccn3)C[C@@]2(CC(C)C)C(=O)OC(C)(C)C)ccc1C(C)(C)C. The maximum Gasteiger partial charge on any atom is 0.332 e. The summed E-state index contributed by atoms with van der Waals surface area (Å²) in [5, 5.41) is 2.63. The minimum atomic E-state index is -1.26. The monoisotopic (exact) mass is 578 g/mol. The van der Waals surface area contributed by atoms with Crippen LogP contribution in [0.3, 0.4) is 0 Å². The molecule has 0 spiro atoms. The average Bonchev–Trinajstić information content (AvgIpc) is 3.53. The second-order valence-electron chi connectivity index (χ2n) is 13.2. The van der Waals surface area contributed by atoms with Crippen LogP contribution in [0.5, 0.6) is 5.75 Å². The fourth-order valence-corrected chi connectivity index (χ4v) is 6.64. The summed E-state index contributed by atoms with van der Waals surface area (Å²) < 4.78 is 11.8. The number of nitrogens with zero attached hydrogens (tertiary/aromatic N) is 4. The first-order valence-corrected chi connectivity index (χ1v) is 15.0. The molecule has 4 rings (SSSR count). The van der Waals surface area contributed by atoms with E-state index >= 15 is 0 Å². The molecule has 0 N–H and O–H groups in total. The summed E-state index contributed by atoms with van der Waals surface area (Å²) >= 11 is 1.46. The van der Waals surface area contributed by atoms with Crippen molar-refractivity contribution in [2.24, 2.45) is 5.92 Å². The molecule has 1 saturated heterocycles. The standard InChI is InChI=1S/C32H42N4O4S/c1-20(2)17-32(29(38)40-31(6,7)8)18-22(24-19-33-12-13-34-24)26(27-35-14-15-41-27)36(32)28(37)21-10-11-23(30(3,4)5)25(16-21)39-9/h10-16,19-20,22,26H,17-18H2,1-9H3/t22-,26+,32-/m0/s1. The van der Waals surface area contributed by atoms with Crippen LogP contribution >= 0.6 is 11.3 Å². The minimum Gasteiger partial charge on any atom is -0.496 e. The summed E-state index contributed by atoms with van der Waals surface area (Å²) in [6.07, 6.45) is 7.48. The van der Waals surface area contributed by atoms with Crippen LogP contribution in [0.25, 0.3) is 0 Å². The summed E-state index contributed by atoms with van der Waals surface area (Å²) in [6.45, 7) is 16.0. The molecule has 0 bridgehead atoms. The van der Waals surface area contributed by atoms with Crippen molar-refractivity contribution in [2.45, 2.75) is 96.7 Å². The number of esters is 1. The van der Waals surface area contributed by atoms with Crippen molar-refractivity contribution in [3.05, 3.63) is 70.2 Å². The van der Waals surface area contributed by atoms with Crippen LogP contribution in [-0.4, -0.2) is 50.0 Å². The molecule has 0 saturated carbocycles. The topological polar surface area (TPSA) is 94.5 Å². The summed E-state index contributed by atoms with van der Waals surface area (Å²) in [5.41, 5.74) is -0.0404. The average molecular weight is 579 g/mol. The van der Waals surface area contributed by atoms with E-state index in [1.54, 1.807) is 42.9 Å². The highest BCUT2D eigenvalue weighted by Crippen LogP contribution is 2.55. The molecule has 0 unspecified atom stereocenters. The molecule has 3 aromatic rings. The number of hydrogen-bond acceptors (Lipinski definition) is 8. The fraction of sp³-hybridized carbons (Fsp3) is 0.531. The zero-order valence-corrected chi connectivity index (χ0v) is 26.4. The Hall–Kier alpha value is -3.33. The largest absolute Gasteiger partial charge is 0.496 e. The third kappa shape index (κ3) is 6.30. The van der Waals surface area contributed by atoms with Gasteiger partial charge in [-0.3, -0.25) is 14.8 Å². The van der Waals surface area contributed by atoms with Crippen LogP contribution in [0.2, 0.25) is 0 Å². The Morgan fingerprint density at radius 1 is 1.10 bits per heavy atom. The Kier molecular flexibility index (Phi) is 8.60. The van der Waals surface area contributed by atoms with Gasteiger partial charge in [-0.1, -0.05) is 40.7 Å². The molecular weight excluding hydrogens is 536 g/mol. The molecule has 1 fully saturated rings. The second-order valence-corrected chi connectivity index (χ2v) is 14.2. The van der Waals surface area contributed by atoms with Gasteiger partial charge in [0.1, 0.15) is 21.9 Å². The van der Waals surface area contributed by atoms with Crippen molar-refractivity contribution < 1.29 is 19.1 Å². The van der Waals surface area contributed by atoms with Crippen molar-refractivity contribution in [3.63, 3.8) is 0 Å². The summed E-state index contributed by atoms with van der Waals surface area (Å²) in [6, 6.07) is 5.01. The number of methoxy groups -OCH3 is 1. The third-order valence-corrected chi connectivity index (χ3v) is 8.19. The van der Waals surface area contributed by atoms with E-state index in [-0.39, 0.29) is 23.2 Å². The molecule has 0 radical (unpaired) electrons. The fourth-order valence-electron chi connectivity index (χ4n) is 5.85. The van der Waals surface area contributed by atoms with Gasteiger partial charge in [0, 0.05) is 41.6 Å². The first-order valence-electron chi connectivity index (χ1n) is 14.1. The van der Waals surface area contributed by atoms with Gasteiger partial charge >= 0.3 is 5.97 Å². The van der Waals surface area contributed by atoms with E-state index in [0.717, 1.165) is 10.6 Å². The molecule has 8 nitrogen and oxygen atoms in total. The maximum atomic E-state index is 14.8. The van der Waals surface area contributed by atoms with Gasteiger partial charge in [0.05, 0.1) is 18.8 Å². The zero-order valence-electron chi connectivity index (χ0n) is 25.6. The van der Waals surface area contributed by atoms with Gasteiger partial charge in [-0.05, 0) is 62.6 Å². The highest BCUT2D eigenvalue weighted by atomic mass is 32.1. The molecule has 1 amide bonds. The van der Waals surface area contributed by atoms with Crippen molar-refractivity contribution >= 4 is 23.2 Å². The number of rotatable bonds is 7. The van der Waals surface area contributed by atoms with E-state index in [2.05, 4.69) is 49.6 Å². The van der Waals surface area contributed by atoms with Gasteiger partial charge in [-0.15, -0.1) is 11.3 Å². The van der Waals surface area contributed by atoms with E-state index in [1.807, 2.05) is 38.3 Å². The van der Waals surface area contributed by atoms with Crippen molar-refractivity contribution in [1.29, 1.82) is 0 Å². The van der Waals surface area contributed by atoms with Gasteiger partial charge in [0.25, 0.3) is 5.91 Å². The normalized spacial score (nSPS) is 21.3. The molecule has 3 heterocycles. The summed E-state index contributed by atoms with van der Waals surface area (Å²) in [5.74, 6) is -0.292. The Bertz CT molecular complexity index is 1360. The van der Waals surface area contributed by atoms with Crippen molar-refractivity contribution in [2.75, 3.05) is 7.11 Å². The number of carbonyl (C=O) groups excluding carboxylic acids is 2. The van der Waals surface area contributed by atoms with E-state index in [9.17, 15) is 9.59 Å². The lowest BCUT2D eigenvalue weighted by Crippen LogP contribution is -2.56. The Morgan fingerprint density at radius 2 is 1.83 bits per heavy atom. The maximum absolute atomic E-state index is 14.8. The summed E-state index contributed by atoms with van der Waals surface area (Å²) in [7, 11) is 1.61. The first kappa shape index (κ1) is 30.6. The van der Waals surface area contributed by atoms with Crippen LogP contribution in [0.15, 0.2) is 48.4 Å². The lowest BCUT2D eigenvalue weighted by molar-refractivity contribution is -0.168. The molecule has 0 aliphatic carbocycles. The molecule has 2 aromatic heterocycles. The van der Waals surface area contributed by atoms with Crippen molar-refractivity contribution in [1.82, 2.24) is 19.9 Å². The van der Waals surface area contributed by atoms with E-state index in [0.29, 0.717) is 29.8 Å². The molecular formula is C32H42N4O4S.